The van der Waals surface area contributed by atoms with Crippen molar-refractivity contribution in [2.75, 3.05) is 19.1 Å². The Morgan fingerprint density at radius 3 is 1.46 bits per heavy atom. The minimum absolute atomic E-state index is 0.0256. The lowest BCUT2D eigenvalue weighted by atomic mass is 10.1. The van der Waals surface area contributed by atoms with Gasteiger partial charge >= 0.3 is 0 Å². The minimum atomic E-state index is -0.551. The van der Waals surface area contributed by atoms with Crippen LogP contribution in [0.5, 0.6) is 11.5 Å². The second kappa shape index (κ2) is 8.74. The number of anilines is 1. The molecule has 3 nitrogen and oxygen atoms in total. The SMILES string of the molecule is COc1ccc(CN(Cc2ccc(OC)cc2)c2cc(F)c(C)c(F)c2)cc1. The molecule has 0 radical (unpaired) electrons. The third-order valence-corrected chi connectivity index (χ3v) is 4.70. The Hall–Kier alpha value is -3.08. The van der Waals surface area contributed by atoms with Crippen LogP contribution in [-0.4, -0.2) is 14.2 Å². The van der Waals surface area contributed by atoms with Crippen molar-refractivity contribution < 1.29 is 18.3 Å². The van der Waals surface area contributed by atoms with Crippen molar-refractivity contribution in [3.8, 4) is 11.5 Å². The summed E-state index contributed by atoms with van der Waals surface area (Å²) in [5, 5.41) is 0. The fourth-order valence-corrected chi connectivity index (χ4v) is 2.96. The van der Waals surface area contributed by atoms with Crippen molar-refractivity contribution >= 4 is 5.69 Å². The molecule has 0 unspecified atom stereocenters. The maximum atomic E-state index is 14.2. The maximum absolute atomic E-state index is 14.2. The van der Waals surface area contributed by atoms with Crippen LogP contribution in [0.15, 0.2) is 60.7 Å². The van der Waals surface area contributed by atoms with Crippen molar-refractivity contribution in [3.05, 3.63) is 89.0 Å². The van der Waals surface area contributed by atoms with Crippen molar-refractivity contribution in [2.45, 2.75) is 20.0 Å². The van der Waals surface area contributed by atoms with E-state index in [9.17, 15) is 8.78 Å². The summed E-state index contributed by atoms with van der Waals surface area (Å²) >= 11 is 0. The van der Waals surface area contributed by atoms with Gasteiger partial charge in [-0.25, -0.2) is 8.78 Å². The van der Waals surface area contributed by atoms with Gasteiger partial charge in [0.1, 0.15) is 23.1 Å². The van der Waals surface area contributed by atoms with Gasteiger partial charge in [-0.05, 0) is 54.4 Å². The Morgan fingerprint density at radius 2 is 1.11 bits per heavy atom. The highest BCUT2D eigenvalue weighted by Gasteiger charge is 2.14. The topological polar surface area (TPSA) is 21.7 Å². The van der Waals surface area contributed by atoms with E-state index in [-0.39, 0.29) is 5.56 Å². The fourth-order valence-electron chi connectivity index (χ4n) is 2.96. The molecule has 0 atom stereocenters. The zero-order chi connectivity index (χ0) is 20.1. The predicted octanol–water partition coefficient (Wildman–Crippen LogP) is 5.50. The number of rotatable bonds is 7. The summed E-state index contributed by atoms with van der Waals surface area (Å²) in [5.41, 5.74) is 2.54. The van der Waals surface area contributed by atoms with Crippen LogP contribution in [0.3, 0.4) is 0 Å². The van der Waals surface area contributed by atoms with Crippen molar-refractivity contribution in [1.29, 1.82) is 0 Å². The molecule has 0 spiro atoms. The van der Waals surface area contributed by atoms with Crippen LogP contribution in [0.1, 0.15) is 16.7 Å². The largest absolute Gasteiger partial charge is 0.497 e. The second-order valence-corrected chi connectivity index (χ2v) is 6.59. The van der Waals surface area contributed by atoms with Crippen LogP contribution >= 0.6 is 0 Å². The molecule has 0 saturated carbocycles. The highest BCUT2D eigenvalue weighted by molar-refractivity contribution is 5.50. The van der Waals surface area contributed by atoms with Gasteiger partial charge in [0, 0.05) is 24.3 Å². The minimum Gasteiger partial charge on any atom is -0.497 e. The first-order valence-corrected chi connectivity index (χ1v) is 8.96. The fraction of sp³-hybridized carbons (Fsp3) is 0.217. The molecule has 3 aromatic rings. The van der Waals surface area contributed by atoms with Gasteiger partial charge in [0.25, 0.3) is 0 Å². The molecule has 0 heterocycles. The van der Waals surface area contributed by atoms with Crippen LogP contribution in [0.25, 0.3) is 0 Å². The molecule has 28 heavy (non-hydrogen) atoms. The lowest BCUT2D eigenvalue weighted by molar-refractivity contribution is 0.414. The average molecular weight is 383 g/mol. The number of ether oxygens (including phenoxy) is 2. The summed E-state index contributed by atoms with van der Waals surface area (Å²) in [5.74, 6) is 0.421. The van der Waals surface area contributed by atoms with E-state index in [1.54, 1.807) is 14.2 Å². The number of halogens is 2. The molecule has 0 bridgehead atoms. The Morgan fingerprint density at radius 1 is 0.714 bits per heavy atom. The van der Waals surface area contributed by atoms with Gasteiger partial charge in [0.2, 0.25) is 0 Å². The first-order valence-electron chi connectivity index (χ1n) is 8.96. The first-order chi connectivity index (χ1) is 13.5. The molecule has 0 saturated heterocycles. The molecule has 3 aromatic carbocycles. The highest BCUT2D eigenvalue weighted by atomic mass is 19.1. The molecule has 146 valence electrons. The van der Waals surface area contributed by atoms with Gasteiger partial charge in [0.15, 0.2) is 0 Å². The van der Waals surface area contributed by atoms with Crippen LogP contribution in [0.2, 0.25) is 0 Å². The molecule has 0 aromatic heterocycles. The summed E-state index contributed by atoms with van der Waals surface area (Å²) in [6.07, 6.45) is 0. The molecule has 0 fully saturated rings. The third kappa shape index (κ3) is 4.60. The lowest BCUT2D eigenvalue weighted by Gasteiger charge is -2.26. The quantitative estimate of drug-likeness (QED) is 0.538. The Balaban J connectivity index is 1.92. The van der Waals surface area contributed by atoms with Gasteiger partial charge in [-0.1, -0.05) is 24.3 Å². The molecule has 0 N–H and O–H groups in total. The van der Waals surface area contributed by atoms with Crippen molar-refractivity contribution in [1.82, 2.24) is 0 Å². The van der Waals surface area contributed by atoms with E-state index in [4.69, 9.17) is 9.47 Å². The van der Waals surface area contributed by atoms with Gasteiger partial charge in [-0.15, -0.1) is 0 Å². The summed E-state index contributed by atoms with van der Waals surface area (Å²) in [6.45, 7) is 2.43. The van der Waals surface area contributed by atoms with E-state index in [0.29, 0.717) is 18.8 Å². The summed E-state index contributed by atoms with van der Waals surface area (Å²) in [4.78, 5) is 1.94. The molecule has 0 aliphatic rings. The van der Waals surface area contributed by atoms with E-state index < -0.39 is 11.6 Å². The lowest BCUT2D eigenvalue weighted by Crippen LogP contribution is -2.22. The first kappa shape index (κ1) is 19.7. The van der Waals surface area contributed by atoms with E-state index in [2.05, 4.69) is 0 Å². The Bertz CT molecular complexity index is 852. The monoisotopic (exact) mass is 383 g/mol. The summed E-state index contributed by atoms with van der Waals surface area (Å²) in [6, 6.07) is 18.0. The molecule has 0 aliphatic carbocycles. The predicted molar refractivity (Wildman–Crippen MR) is 107 cm³/mol. The third-order valence-electron chi connectivity index (χ3n) is 4.70. The Kier molecular flexibility index (Phi) is 6.14. The summed E-state index contributed by atoms with van der Waals surface area (Å²) < 4.78 is 38.7. The summed E-state index contributed by atoms with van der Waals surface area (Å²) in [7, 11) is 3.23. The van der Waals surface area contributed by atoms with Crippen LogP contribution in [0, 0.1) is 18.6 Å². The van der Waals surface area contributed by atoms with Gasteiger partial charge in [-0.3, -0.25) is 0 Å². The maximum Gasteiger partial charge on any atom is 0.131 e. The van der Waals surface area contributed by atoms with E-state index in [0.717, 1.165) is 22.6 Å². The zero-order valence-electron chi connectivity index (χ0n) is 16.2. The molecule has 5 heteroatoms. The molecular formula is C23H23F2NO2. The van der Waals surface area contributed by atoms with E-state index in [1.165, 1.54) is 19.1 Å². The average Bonchev–Trinajstić information content (AvgIpc) is 2.72. The number of nitrogens with zero attached hydrogens (tertiary/aromatic N) is 1. The number of benzene rings is 3. The number of hydrogen-bond acceptors (Lipinski definition) is 3. The number of methoxy groups -OCH3 is 2. The molecular weight excluding hydrogens is 360 g/mol. The van der Waals surface area contributed by atoms with Crippen molar-refractivity contribution in [3.63, 3.8) is 0 Å². The molecule has 3 rings (SSSR count). The highest BCUT2D eigenvalue weighted by Crippen LogP contribution is 2.26. The molecule has 0 amide bonds. The van der Waals surface area contributed by atoms with Gasteiger partial charge in [-0.2, -0.15) is 0 Å². The number of hydrogen-bond donors (Lipinski definition) is 0. The van der Waals surface area contributed by atoms with Gasteiger partial charge < -0.3 is 14.4 Å². The zero-order valence-corrected chi connectivity index (χ0v) is 16.2. The van der Waals surface area contributed by atoms with Crippen LogP contribution in [0.4, 0.5) is 14.5 Å². The second-order valence-electron chi connectivity index (χ2n) is 6.59. The van der Waals surface area contributed by atoms with Crippen LogP contribution in [-0.2, 0) is 13.1 Å². The van der Waals surface area contributed by atoms with Crippen LogP contribution < -0.4 is 14.4 Å². The van der Waals surface area contributed by atoms with Crippen molar-refractivity contribution in [2.24, 2.45) is 0 Å². The van der Waals surface area contributed by atoms with E-state index >= 15 is 0 Å². The normalized spacial score (nSPS) is 10.6. The van der Waals surface area contributed by atoms with Gasteiger partial charge in [0.05, 0.1) is 14.2 Å². The Labute approximate surface area is 164 Å². The standard InChI is InChI=1S/C23H23F2NO2/c1-16-22(24)12-19(13-23(16)25)26(14-17-4-8-20(27-2)9-5-17)15-18-6-10-21(28-3)11-7-18/h4-13H,14-15H2,1-3H3. The van der Waals surface area contributed by atoms with E-state index in [1.807, 2.05) is 53.4 Å². The smallest absolute Gasteiger partial charge is 0.131 e. The molecule has 0 aliphatic heterocycles.